The van der Waals surface area contributed by atoms with E-state index in [0.29, 0.717) is 0 Å². The van der Waals surface area contributed by atoms with Crippen molar-refractivity contribution < 1.29 is 0 Å². The Balaban J connectivity index is 2.95. The zero-order valence-electron chi connectivity index (χ0n) is 6.87. The van der Waals surface area contributed by atoms with E-state index < -0.39 is 0 Å². The molecule has 0 saturated carbocycles. The predicted octanol–water partition coefficient (Wildman–Crippen LogP) is 3.70. The van der Waals surface area contributed by atoms with E-state index in [0.717, 1.165) is 4.90 Å². The molecule has 0 saturated heterocycles. The maximum Gasteiger partial charge on any atom is 0.0455 e. The molecule has 0 spiro atoms. The zero-order chi connectivity index (χ0) is 8.55. The van der Waals surface area contributed by atoms with Gasteiger partial charge in [-0.3, -0.25) is 0 Å². The van der Waals surface area contributed by atoms with Crippen LogP contribution in [0, 0.1) is 6.92 Å². The van der Waals surface area contributed by atoms with E-state index in [2.05, 4.69) is 25.1 Å². The average molecular weight is 173 g/mol. The maximum atomic E-state index is 5.21. The van der Waals surface area contributed by atoms with Gasteiger partial charge in [0.05, 0.1) is 0 Å². The molecule has 1 heteroatoms. The van der Waals surface area contributed by atoms with Crippen LogP contribution in [0.3, 0.4) is 0 Å². The molecule has 2 aromatic carbocycles. The van der Waals surface area contributed by atoms with Crippen molar-refractivity contribution in [3.05, 3.63) is 42.0 Å². The third-order valence-electron chi connectivity index (χ3n) is 2.10. The molecular weight excluding hydrogens is 164 g/mol. The van der Waals surface area contributed by atoms with E-state index in [1.165, 1.54) is 16.3 Å². The average Bonchev–Trinajstić information content (AvgIpc) is 2.12. The Morgan fingerprint density at radius 1 is 0.917 bits per heavy atom. The molecule has 2 rings (SSSR count). The van der Waals surface area contributed by atoms with Gasteiger partial charge < -0.3 is 0 Å². The zero-order valence-corrected chi connectivity index (χ0v) is 7.69. The highest BCUT2D eigenvalue weighted by Crippen LogP contribution is 2.24. The van der Waals surface area contributed by atoms with Crippen molar-refractivity contribution in [2.24, 2.45) is 0 Å². The molecule has 0 amide bonds. The Morgan fingerprint density at radius 3 is 2.25 bits per heavy atom. The van der Waals surface area contributed by atoms with Gasteiger partial charge >= 0.3 is 0 Å². The number of aryl methyl sites for hydroxylation is 1. The molecule has 1 radical (unpaired) electrons. The number of hydrogen-bond acceptors (Lipinski definition) is 0. The van der Waals surface area contributed by atoms with Crippen LogP contribution >= 0.6 is 12.6 Å². The van der Waals surface area contributed by atoms with E-state index in [1.54, 1.807) is 0 Å². The molecule has 0 unspecified atom stereocenters. The molecule has 0 bridgehead atoms. The molecule has 0 aliphatic heterocycles. The third kappa shape index (κ3) is 1.07. The lowest BCUT2D eigenvalue weighted by Crippen LogP contribution is -1.78. The summed E-state index contributed by atoms with van der Waals surface area (Å²) in [6.07, 6.45) is 0. The summed E-state index contributed by atoms with van der Waals surface area (Å²) in [5, 5.41) is 2.46. The standard InChI is InChI=1S/C11H9S/c1-8-6-7-11(12)10-5-3-2-4-9(8)10/h2-7H,1H3. The van der Waals surface area contributed by atoms with Crippen LogP contribution in [0.25, 0.3) is 10.8 Å². The largest absolute Gasteiger partial charge is 0.0794 e. The maximum absolute atomic E-state index is 5.21. The summed E-state index contributed by atoms with van der Waals surface area (Å²) in [5.74, 6) is 0. The van der Waals surface area contributed by atoms with Gasteiger partial charge in [-0.05, 0) is 29.3 Å². The Morgan fingerprint density at radius 2 is 1.58 bits per heavy atom. The number of benzene rings is 2. The summed E-state index contributed by atoms with van der Waals surface area (Å²) < 4.78 is 0. The van der Waals surface area contributed by atoms with Gasteiger partial charge in [0.25, 0.3) is 0 Å². The Kier molecular flexibility index (Phi) is 1.74. The smallest absolute Gasteiger partial charge is 0.0455 e. The first-order chi connectivity index (χ1) is 5.79. The van der Waals surface area contributed by atoms with Gasteiger partial charge in [0.15, 0.2) is 0 Å². The fourth-order valence-corrected chi connectivity index (χ4v) is 1.67. The molecule has 0 fully saturated rings. The highest BCUT2D eigenvalue weighted by molar-refractivity contribution is 7.80. The second kappa shape index (κ2) is 2.76. The highest BCUT2D eigenvalue weighted by atomic mass is 32.1. The van der Waals surface area contributed by atoms with Crippen LogP contribution in [0.15, 0.2) is 41.3 Å². The summed E-state index contributed by atoms with van der Waals surface area (Å²) in [6.45, 7) is 2.11. The number of rotatable bonds is 0. The molecule has 0 N–H and O–H groups in total. The van der Waals surface area contributed by atoms with Crippen molar-refractivity contribution >= 4 is 23.4 Å². The van der Waals surface area contributed by atoms with Crippen LogP contribution in [-0.4, -0.2) is 0 Å². The molecule has 0 aliphatic rings. The van der Waals surface area contributed by atoms with E-state index >= 15 is 0 Å². The van der Waals surface area contributed by atoms with Gasteiger partial charge in [-0.15, -0.1) is 0 Å². The van der Waals surface area contributed by atoms with Gasteiger partial charge in [-0.2, -0.15) is 0 Å². The lowest BCUT2D eigenvalue weighted by molar-refractivity contribution is 1.46. The summed E-state index contributed by atoms with van der Waals surface area (Å²) >= 11 is 5.21. The number of fused-ring (bicyclic) bond motifs is 1. The van der Waals surface area contributed by atoms with Crippen LogP contribution in [-0.2, 0) is 0 Å². The Bertz CT molecular complexity index is 378. The number of hydrogen-bond donors (Lipinski definition) is 0. The molecule has 2 aromatic rings. The summed E-state index contributed by atoms with van der Waals surface area (Å²) in [5.41, 5.74) is 1.29. The molecule has 0 atom stereocenters. The third-order valence-corrected chi connectivity index (χ3v) is 2.46. The van der Waals surface area contributed by atoms with Crippen LogP contribution in [0.2, 0.25) is 0 Å². The summed E-state index contributed by atoms with van der Waals surface area (Å²) in [7, 11) is 0. The monoisotopic (exact) mass is 173 g/mol. The van der Waals surface area contributed by atoms with Crippen molar-refractivity contribution in [3.8, 4) is 0 Å². The van der Waals surface area contributed by atoms with Gasteiger partial charge in [-0.25, -0.2) is 0 Å². The minimum absolute atomic E-state index is 0.941. The second-order valence-electron chi connectivity index (χ2n) is 2.93. The summed E-state index contributed by atoms with van der Waals surface area (Å²) in [6, 6.07) is 12.3. The molecule has 59 valence electrons. The lowest BCUT2D eigenvalue weighted by atomic mass is 10.1. The van der Waals surface area contributed by atoms with Gasteiger partial charge in [0.1, 0.15) is 0 Å². The first kappa shape index (κ1) is 7.56. The molecule has 12 heavy (non-hydrogen) atoms. The van der Waals surface area contributed by atoms with E-state index in [4.69, 9.17) is 12.6 Å². The first-order valence-electron chi connectivity index (χ1n) is 3.94. The van der Waals surface area contributed by atoms with E-state index in [1.807, 2.05) is 18.2 Å². The van der Waals surface area contributed by atoms with E-state index in [-0.39, 0.29) is 0 Å². The molecular formula is C11H9S. The quantitative estimate of drug-likeness (QED) is 0.569. The van der Waals surface area contributed by atoms with Gasteiger partial charge in [0, 0.05) is 4.90 Å². The lowest BCUT2D eigenvalue weighted by Gasteiger charge is -2.02. The van der Waals surface area contributed by atoms with Crippen LogP contribution in [0.1, 0.15) is 5.56 Å². The van der Waals surface area contributed by atoms with Crippen molar-refractivity contribution in [1.29, 1.82) is 0 Å². The van der Waals surface area contributed by atoms with Crippen molar-refractivity contribution in [1.82, 2.24) is 0 Å². The fourth-order valence-electron chi connectivity index (χ4n) is 1.42. The van der Waals surface area contributed by atoms with Crippen LogP contribution < -0.4 is 0 Å². The fraction of sp³-hybridized carbons (Fsp3) is 0.0909. The van der Waals surface area contributed by atoms with Crippen molar-refractivity contribution in [3.63, 3.8) is 0 Å². The van der Waals surface area contributed by atoms with Gasteiger partial charge in [0.2, 0.25) is 0 Å². The molecule has 0 heterocycles. The molecule has 0 nitrogen and oxygen atoms in total. The highest BCUT2D eigenvalue weighted by Gasteiger charge is 1.98. The Hall–Kier alpha value is -1.08. The SMILES string of the molecule is Cc1ccc([S])c2ccccc12. The second-order valence-corrected chi connectivity index (χ2v) is 3.37. The molecule has 0 aliphatic carbocycles. The van der Waals surface area contributed by atoms with Crippen LogP contribution in [0.5, 0.6) is 0 Å². The van der Waals surface area contributed by atoms with E-state index in [9.17, 15) is 0 Å². The molecule has 0 aromatic heterocycles. The summed E-state index contributed by atoms with van der Waals surface area (Å²) in [4.78, 5) is 0.941. The van der Waals surface area contributed by atoms with Crippen molar-refractivity contribution in [2.45, 2.75) is 11.8 Å². The van der Waals surface area contributed by atoms with Crippen molar-refractivity contribution in [2.75, 3.05) is 0 Å². The minimum Gasteiger partial charge on any atom is -0.0794 e. The normalized spacial score (nSPS) is 10.4. The van der Waals surface area contributed by atoms with Crippen LogP contribution in [0.4, 0.5) is 0 Å². The topological polar surface area (TPSA) is 0 Å². The Labute approximate surface area is 77.6 Å². The minimum atomic E-state index is 0.941. The predicted molar refractivity (Wildman–Crippen MR) is 54.5 cm³/mol. The first-order valence-corrected chi connectivity index (χ1v) is 4.35. The van der Waals surface area contributed by atoms with Gasteiger partial charge in [-0.1, -0.05) is 43.0 Å².